The van der Waals surface area contributed by atoms with Crippen LogP contribution in [0.1, 0.15) is 29.8 Å². The van der Waals surface area contributed by atoms with Gasteiger partial charge < -0.3 is 59.6 Å². The van der Waals surface area contributed by atoms with Crippen LogP contribution in [0.5, 0.6) is 34.5 Å². The molecule has 0 aliphatic carbocycles. The molecule has 1 aliphatic rings. The van der Waals surface area contributed by atoms with Crippen molar-refractivity contribution in [1.29, 1.82) is 0 Å². The fourth-order valence-corrected chi connectivity index (χ4v) is 5.29. The largest absolute Gasteiger partial charge is 0.507 e. The lowest BCUT2D eigenvalue weighted by Gasteiger charge is -2.47. The third-order valence-corrected chi connectivity index (χ3v) is 7.55. The van der Waals surface area contributed by atoms with Crippen molar-refractivity contribution >= 4 is 28.7 Å². The fraction of sp³-hybridized carbons (Fsp3) is 0.281. The molecule has 0 unspecified atom stereocenters. The molecule has 0 radical (unpaired) electrons. The Morgan fingerprint density at radius 1 is 1.00 bits per heavy atom. The van der Waals surface area contributed by atoms with Crippen molar-refractivity contribution in [1.82, 2.24) is 0 Å². The first kappa shape index (κ1) is 32.9. The van der Waals surface area contributed by atoms with Gasteiger partial charge in [0.1, 0.15) is 28.9 Å². The third kappa shape index (κ3) is 6.44. The van der Waals surface area contributed by atoms with Gasteiger partial charge in [-0.25, -0.2) is 9.59 Å². The Morgan fingerprint density at radius 3 is 2.36 bits per heavy atom. The molecule has 7 N–H and O–H groups in total. The highest BCUT2D eigenvalue weighted by atomic mass is 16.7. The summed E-state index contributed by atoms with van der Waals surface area (Å²) in [6.45, 7) is 4.78. The molecule has 1 aromatic heterocycles. The van der Waals surface area contributed by atoms with Gasteiger partial charge in [-0.15, -0.1) is 0 Å². The van der Waals surface area contributed by atoms with E-state index in [1.807, 2.05) is 0 Å². The number of hydrogen-bond acceptors (Lipinski definition) is 13. The topological polar surface area (TPSA) is 229 Å². The molecule has 47 heavy (non-hydrogen) atoms. The van der Waals surface area contributed by atoms with Gasteiger partial charge in [0.25, 0.3) is 5.91 Å². The van der Waals surface area contributed by atoms with Crippen molar-refractivity contribution in [2.75, 3.05) is 12.4 Å². The average Bonchev–Trinajstić information content (AvgIpc) is 3.00. The maximum atomic E-state index is 13.1. The maximum absolute atomic E-state index is 13.1. The molecule has 4 aromatic rings. The molecule has 2 heterocycles. The van der Waals surface area contributed by atoms with Crippen molar-refractivity contribution in [3.05, 3.63) is 76.1 Å². The lowest BCUT2D eigenvalue weighted by molar-refractivity contribution is -0.304. The van der Waals surface area contributed by atoms with Gasteiger partial charge in [-0.2, -0.15) is 0 Å². The summed E-state index contributed by atoms with van der Waals surface area (Å²) in [4.78, 5) is 37.7. The number of aryl methyl sites for hydroxylation is 1. The zero-order valence-corrected chi connectivity index (χ0v) is 25.5. The first-order valence-corrected chi connectivity index (χ1v) is 14.1. The zero-order valence-electron chi connectivity index (χ0n) is 25.5. The van der Waals surface area contributed by atoms with E-state index in [1.165, 1.54) is 26.2 Å². The number of para-hydroxylation sites is 1. The lowest BCUT2D eigenvalue weighted by atomic mass is 9.89. The number of anilines is 1. The number of aliphatic hydroxyl groups excluding tert-OH is 1. The summed E-state index contributed by atoms with van der Waals surface area (Å²) in [5.74, 6) is -2.48. The molecule has 0 bridgehead atoms. The molecular weight excluding hydrogens is 620 g/mol. The van der Waals surface area contributed by atoms with E-state index in [0.29, 0.717) is 5.75 Å². The Bertz CT molecular complexity index is 1890. The van der Waals surface area contributed by atoms with E-state index in [1.54, 1.807) is 44.2 Å². The van der Waals surface area contributed by atoms with Crippen LogP contribution in [-0.2, 0) is 14.2 Å². The second-order valence-corrected chi connectivity index (χ2v) is 11.1. The number of aliphatic hydroxyl groups is 1. The summed E-state index contributed by atoms with van der Waals surface area (Å²) < 4.78 is 33.4. The highest BCUT2D eigenvalue weighted by Crippen LogP contribution is 2.40. The molecule has 0 saturated carbocycles. The number of benzene rings is 3. The molecule has 15 heteroatoms. The number of nitrogens with two attached hydrogens (primary N) is 1. The van der Waals surface area contributed by atoms with E-state index < -0.39 is 70.8 Å². The quantitative estimate of drug-likeness (QED) is 0.150. The van der Waals surface area contributed by atoms with Crippen molar-refractivity contribution in [2.45, 2.75) is 51.0 Å². The van der Waals surface area contributed by atoms with Gasteiger partial charge >= 0.3 is 11.7 Å². The second kappa shape index (κ2) is 12.7. The normalized spacial score (nSPS) is 20.4. The third-order valence-electron chi connectivity index (χ3n) is 7.55. The summed E-state index contributed by atoms with van der Waals surface area (Å²) in [5.41, 5.74) is 2.02. The molecule has 1 saturated heterocycles. The summed E-state index contributed by atoms with van der Waals surface area (Å²) in [5, 5.41) is 44.8. The molecule has 0 spiro atoms. The minimum atomic E-state index is -1.55. The van der Waals surface area contributed by atoms with Crippen LogP contribution in [0.3, 0.4) is 0 Å². The molecule has 1 aliphatic heterocycles. The van der Waals surface area contributed by atoms with Crippen LogP contribution in [0.4, 0.5) is 10.5 Å². The van der Waals surface area contributed by atoms with Crippen LogP contribution in [0.15, 0.2) is 63.8 Å². The fourth-order valence-electron chi connectivity index (χ4n) is 5.29. The molecule has 15 nitrogen and oxygen atoms in total. The lowest BCUT2D eigenvalue weighted by Crippen LogP contribution is -2.65. The molecule has 248 valence electrons. The van der Waals surface area contributed by atoms with E-state index in [0.717, 1.165) is 12.1 Å². The van der Waals surface area contributed by atoms with Crippen LogP contribution >= 0.6 is 0 Å². The van der Waals surface area contributed by atoms with Gasteiger partial charge in [0.05, 0.1) is 16.6 Å². The molecular formula is C32H32N2O13. The van der Waals surface area contributed by atoms with Gasteiger partial charge in [-0.1, -0.05) is 18.2 Å². The zero-order chi connectivity index (χ0) is 34.2. The number of rotatable bonds is 8. The van der Waals surface area contributed by atoms with Crippen LogP contribution in [0.25, 0.3) is 11.0 Å². The summed E-state index contributed by atoms with van der Waals surface area (Å²) >= 11 is 0. The standard InChI is InChI=1S/C32H32N2O13/c1-14-20(44-30-24(38)26(46-31(33)41)27(42-4)32(2,3)47-30)11-10-16-23(37)22(29(40)45-25(14)16)34-28(39)17-12-21(19(36)13-18(17)35)43-15-8-6-5-7-9-15/h5-13,24,26-27,30,35-38H,1-4H3,(H2,33,41)(H,34,39)/t24-,26+,27-,30-/m1/s1. The Hall–Kier alpha value is -5.51. The van der Waals surface area contributed by atoms with E-state index in [9.17, 15) is 34.8 Å². The van der Waals surface area contributed by atoms with E-state index >= 15 is 0 Å². The predicted octanol–water partition coefficient (Wildman–Crippen LogP) is 3.62. The van der Waals surface area contributed by atoms with Crippen LogP contribution < -0.4 is 26.1 Å². The highest BCUT2D eigenvalue weighted by molar-refractivity contribution is 6.08. The molecule has 4 atom stereocenters. The number of amides is 2. The Balaban J connectivity index is 1.43. The van der Waals surface area contributed by atoms with E-state index in [-0.39, 0.29) is 33.6 Å². The minimum Gasteiger partial charge on any atom is -0.507 e. The van der Waals surface area contributed by atoms with Gasteiger partial charge in [-0.3, -0.25) is 4.79 Å². The van der Waals surface area contributed by atoms with Gasteiger partial charge in [0, 0.05) is 24.8 Å². The first-order valence-electron chi connectivity index (χ1n) is 14.1. The SMILES string of the molecule is CO[C@@H]1[C@@H](OC(N)=O)[C@@H](O)[C@H](Oc2ccc3c(O)c(NC(=O)c4cc(Oc5ccccc5)c(O)cc4O)c(=O)oc3c2C)OC1(C)C. The Labute approximate surface area is 266 Å². The maximum Gasteiger partial charge on any atom is 0.404 e. The number of methoxy groups -OCH3 is 1. The van der Waals surface area contributed by atoms with Gasteiger partial charge in [-0.05, 0) is 45.0 Å². The number of carbonyl (C=O) groups is 2. The monoisotopic (exact) mass is 652 g/mol. The van der Waals surface area contributed by atoms with E-state index in [2.05, 4.69) is 5.32 Å². The number of aromatic hydroxyl groups is 3. The minimum absolute atomic E-state index is 0.00704. The van der Waals surface area contributed by atoms with E-state index in [4.69, 9.17) is 33.8 Å². The van der Waals surface area contributed by atoms with Crippen molar-refractivity contribution < 1.29 is 58.1 Å². The summed E-state index contributed by atoms with van der Waals surface area (Å²) in [6, 6.07) is 13.1. The summed E-state index contributed by atoms with van der Waals surface area (Å²) in [6.07, 6.45) is -6.25. The summed E-state index contributed by atoms with van der Waals surface area (Å²) in [7, 11) is 1.35. The highest BCUT2D eigenvalue weighted by Gasteiger charge is 2.53. The number of fused-ring (bicyclic) bond motifs is 1. The van der Waals surface area contributed by atoms with Crippen LogP contribution in [0.2, 0.25) is 0 Å². The van der Waals surface area contributed by atoms with Crippen molar-refractivity contribution in [3.63, 3.8) is 0 Å². The van der Waals surface area contributed by atoms with Crippen LogP contribution in [0, 0.1) is 6.92 Å². The average molecular weight is 653 g/mol. The first-order chi connectivity index (χ1) is 22.2. The number of hydrogen-bond donors (Lipinski definition) is 6. The number of carbonyl (C=O) groups excluding carboxylic acids is 2. The second-order valence-electron chi connectivity index (χ2n) is 11.1. The molecule has 3 aromatic carbocycles. The Kier molecular flexibility index (Phi) is 8.89. The number of ether oxygens (including phenoxy) is 5. The van der Waals surface area contributed by atoms with Gasteiger partial charge in [0.2, 0.25) is 6.29 Å². The Morgan fingerprint density at radius 2 is 1.70 bits per heavy atom. The number of primary amides is 1. The smallest absolute Gasteiger partial charge is 0.404 e. The molecule has 2 amide bonds. The van der Waals surface area contributed by atoms with Crippen molar-refractivity contribution in [2.24, 2.45) is 5.73 Å². The van der Waals surface area contributed by atoms with Crippen molar-refractivity contribution in [3.8, 4) is 34.5 Å². The molecule has 5 rings (SSSR count). The number of phenols is 2. The van der Waals surface area contributed by atoms with Crippen LogP contribution in [-0.4, -0.2) is 69.7 Å². The van der Waals surface area contributed by atoms with Gasteiger partial charge in [0.15, 0.2) is 35.1 Å². The number of nitrogens with one attached hydrogen (secondary N) is 1. The number of phenolic OH excluding ortho intramolecular Hbond substituents is 2. The predicted molar refractivity (Wildman–Crippen MR) is 164 cm³/mol. The molecule has 1 fully saturated rings.